The summed E-state index contributed by atoms with van der Waals surface area (Å²) in [7, 11) is 0. The van der Waals surface area contributed by atoms with Gasteiger partial charge in [0.25, 0.3) is 0 Å². The summed E-state index contributed by atoms with van der Waals surface area (Å²) in [6, 6.07) is 1.55. The molecule has 1 rings (SSSR count). The maximum absolute atomic E-state index is 13.4. The monoisotopic (exact) mass is 264 g/mol. The van der Waals surface area contributed by atoms with Gasteiger partial charge in [0.05, 0.1) is 11.6 Å². The molecule has 0 heterocycles. The van der Waals surface area contributed by atoms with Crippen LogP contribution in [0.15, 0.2) is 18.2 Å². The van der Waals surface area contributed by atoms with Gasteiger partial charge in [-0.05, 0) is 19.1 Å². The largest absolute Gasteiger partial charge is 0.416 e. The Hall–Kier alpha value is -1.63. The molecule has 0 radical (unpaired) electrons. The molecule has 7 heteroatoms. The Balaban J connectivity index is 2.78. The second kappa shape index (κ2) is 5.34. The van der Waals surface area contributed by atoms with Crippen molar-refractivity contribution in [2.24, 2.45) is 5.73 Å². The Morgan fingerprint density at radius 3 is 2.50 bits per heavy atom. The van der Waals surface area contributed by atoms with Crippen LogP contribution in [0.4, 0.5) is 17.6 Å². The number of amides is 1. The van der Waals surface area contributed by atoms with Crippen molar-refractivity contribution in [1.29, 1.82) is 0 Å². The lowest BCUT2D eigenvalue weighted by atomic mass is 10.1. The Bertz CT molecular complexity index is 445. The number of halogens is 4. The molecule has 0 aliphatic rings. The lowest BCUT2D eigenvalue weighted by Crippen LogP contribution is -2.38. The predicted molar refractivity (Wildman–Crippen MR) is 56.9 cm³/mol. The van der Waals surface area contributed by atoms with Crippen molar-refractivity contribution in [3.63, 3.8) is 0 Å². The van der Waals surface area contributed by atoms with E-state index in [0.717, 1.165) is 12.1 Å². The molecule has 0 saturated carbocycles. The van der Waals surface area contributed by atoms with Gasteiger partial charge < -0.3 is 11.1 Å². The number of nitrogens with two attached hydrogens (primary N) is 1. The van der Waals surface area contributed by atoms with E-state index in [2.05, 4.69) is 5.32 Å². The average Bonchev–Trinajstić information content (AvgIpc) is 2.25. The zero-order chi connectivity index (χ0) is 13.9. The third-order valence-corrected chi connectivity index (χ3v) is 2.41. The quantitative estimate of drug-likeness (QED) is 0.815. The number of hydrogen-bond donors (Lipinski definition) is 2. The standard InChI is InChI=1S/C11H12F4N2O/c1-6(10(16)18)17-5-7-2-3-8(4-9(7)12)11(13,14)15/h2-4,6,17H,5H2,1H3,(H2,16,18)/t6-/m1/s1. The Labute approximate surface area is 101 Å². The summed E-state index contributed by atoms with van der Waals surface area (Å²) in [5.41, 5.74) is 3.96. The average molecular weight is 264 g/mol. The van der Waals surface area contributed by atoms with Gasteiger partial charge in [-0.15, -0.1) is 0 Å². The molecule has 0 aliphatic heterocycles. The highest BCUT2D eigenvalue weighted by molar-refractivity contribution is 5.79. The van der Waals surface area contributed by atoms with Crippen LogP contribution >= 0.6 is 0 Å². The summed E-state index contributed by atoms with van der Waals surface area (Å²) >= 11 is 0. The van der Waals surface area contributed by atoms with Crippen LogP contribution in [0.25, 0.3) is 0 Å². The SMILES string of the molecule is C[C@@H](NCc1ccc(C(F)(F)F)cc1F)C(N)=O. The van der Waals surface area contributed by atoms with Crippen molar-refractivity contribution in [2.45, 2.75) is 25.7 Å². The summed E-state index contributed by atoms with van der Waals surface area (Å²) in [6.07, 6.45) is -4.58. The summed E-state index contributed by atoms with van der Waals surface area (Å²) in [5.74, 6) is -1.60. The topological polar surface area (TPSA) is 55.1 Å². The van der Waals surface area contributed by atoms with Crippen LogP contribution in [0.3, 0.4) is 0 Å². The summed E-state index contributed by atoms with van der Waals surface area (Å²) < 4.78 is 50.2. The fourth-order valence-corrected chi connectivity index (χ4v) is 1.23. The second-order valence-corrected chi connectivity index (χ2v) is 3.81. The van der Waals surface area contributed by atoms with E-state index in [0.29, 0.717) is 6.07 Å². The number of nitrogens with one attached hydrogen (secondary N) is 1. The lowest BCUT2D eigenvalue weighted by Gasteiger charge is -2.12. The minimum absolute atomic E-state index is 0.0381. The fourth-order valence-electron chi connectivity index (χ4n) is 1.23. The molecular formula is C11H12F4N2O. The Morgan fingerprint density at radius 1 is 1.44 bits per heavy atom. The van der Waals surface area contributed by atoms with Gasteiger partial charge in [-0.25, -0.2) is 4.39 Å². The van der Waals surface area contributed by atoms with Crippen LogP contribution in [0, 0.1) is 5.82 Å². The predicted octanol–water partition coefficient (Wildman–Crippen LogP) is 1.81. The van der Waals surface area contributed by atoms with Gasteiger partial charge in [-0.1, -0.05) is 6.07 Å². The third kappa shape index (κ3) is 3.69. The normalized spacial score (nSPS) is 13.4. The smallest absolute Gasteiger partial charge is 0.368 e. The molecule has 0 fully saturated rings. The summed E-state index contributed by atoms with van der Waals surface area (Å²) in [4.78, 5) is 10.7. The highest BCUT2D eigenvalue weighted by atomic mass is 19.4. The van der Waals surface area contributed by atoms with E-state index in [1.165, 1.54) is 6.92 Å². The van der Waals surface area contributed by atoms with Crippen LogP contribution < -0.4 is 11.1 Å². The van der Waals surface area contributed by atoms with Crippen LogP contribution in [0.1, 0.15) is 18.1 Å². The number of primary amides is 1. The first-order valence-electron chi connectivity index (χ1n) is 5.10. The molecule has 100 valence electrons. The minimum atomic E-state index is -4.58. The molecule has 0 aliphatic carbocycles. The Kier molecular flexibility index (Phi) is 4.28. The number of carbonyl (C=O) groups is 1. The van der Waals surface area contributed by atoms with Gasteiger partial charge in [0.15, 0.2) is 0 Å². The Morgan fingerprint density at radius 2 is 2.06 bits per heavy atom. The van der Waals surface area contributed by atoms with Gasteiger partial charge in [0, 0.05) is 12.1 Å². The lowest BCUT2D eigenvalue weighted by molar-refractivity contribution is -0.137. The molecule has 1 aromatic carbocycles. The molecule has 0 unspecified atom stereocenters. The van der Waals surface area contributed by atoms with Crippen molar-refractivity contribution < 1.29 is 22.4 Å². The number of carbonyl (C=O) groups excluding carboxylic acids is 1. The molecule has 0 bridgehead atoms. The first-order valence-corrected chi connectivity index (χ1v) is 5.10. The maximum atomic E-state index is 13.4. The molecule has 1 atom stereocenters. The second-order valence-electron chi connectivity index (χ2n) is 3.81. The van der Waals surface area contributed by atoms with E-state index >= 15 is 0 Å². The van der Waals surface area contributed by atoms with Crippen LogP contribution in [-0.4, -0.2) is 11.9 Å². The molecule has 1 amide bonds. The highest BCUT2D eigenvalue weighted by Gasteiger charge is 2.31. The van der Waals surface area contributed by atoms with Gasteiger partial charge in [-0.2, -0.15) is 13.2 Å². The maximum Gasteiger partial charge on any atom is 0.416 e. The number of rotatable bonds is 4. The molecule has 3 N–H and O–H groups in total. The van der Waals surface area contributed by atoms with Crippen LogP contribution in [0.2, 0.25) is 0 Å². The molecular weight excluding hydrogens is 252 g/mol. The van der Waals surface area contributed by atoms with E-state index in [-0.39, 0.29) is 12.1 Å². The molecule has 0 spiro atoms. The zero-order valence-corrected chi connectivity index (χ0v) is 9.51. The number of alkyl halides is 3. The first kappa shape index (κ1) is 14.4. The van der Waals surface area contributed by atoms with Crippen LogP contribution in [0.5, 0.6) is 0 Å². The van der Waals surface area contributed by atoms with E-state index in [9.17, 15) is 22.4 Å². The highest BCUT2D eigenvalue weighted by Crippen LogP contribution is 2.30. The number of benzene rings is 1. The van der Waals surface area contributed by atoms with Crippen molar-refractivity contribution in [1.82, 2.24) is 5.32 Å². The molecule has 1 aromatic rings. The molecule has 0 aromatic heterocycles. The molecule has 0 saturated heterocycles. The van der Waals surface area contributed by atoms with E-state index in [1.807, 2.05) is 0 Å². The van der Waals surface area contributed by atoms with Gasteiger partial charge in [0.2, 0.25) is 5.91 Å². The van der Waals surface area contributed by atoms with E-state index in [4.69, 9.17) is 5.73 Å². The van der Waals surface area contributed by atoms with Crippen LogP contribution in [-0.2, 0) is 17.5 Å². The zero-order valence-electron chi connectivity index (χ0n) is 9.51. The van der Waals surface area contributed by atoms with Crippen molar-refractivity contribution in [3.05, 3.63) is 35.1 Å². The van der Waals surface area contributed by atoms with Crippen molar-refractivity contribution in [2.75, 3.05) is 0 Å². The van der Waals surface area contributed by atoms with Gasteiger partial charge >= 0.3 is 6.18 Å². The summed E-state index contributed by atoms with van der Waals surface area (Å²) in [5, 5.41) is 2.60. The molecule has 18 heavy (non-hydrogen) atoms. The molecule has 3 nitrogen and oxygen atoms in total. The van der Waals surface area contributed by atoms with Crippen molar-refractivity contribution in [3.8, 4) is 0 Å². The summed E-state index contributed by atoms with van der Waals surface area (Å²) in [6.45, 7) is 1.40. The minimum Gasteiger partial charge on any atom is -0.368 e. The number of hydrogen-bond acceptors (Lipinski definition) is 2. The van der Waals surface area contributed by atoms with Crippen molar-refractivity contribution >= 4 is 5.91 Å². The van der Waals surface area contributed by atoms with Gasteiger partial charge in [-0.3, -0.25) is 4.79 Å². The van der Waals surface area contributed by atoms with E-state index < -0.39 is 29.5 Å². The van der Waals surface area contributed by atoms with Gasteiger partial charge in [0.1, 0.15) is 5.82 Å². The first-order chi connectivity index (χ1) is 8.21. The third-order valence-electron chi connectivity index (χ3n) is 2.41. The fraction of sp³-hybridized carbons (Fsp3) is 0.364. The van der Waals surface area contributed by atoms with E-state index in [1.54, 1.807) is 0 Å².